The zero-order valence-electron chi connectivity index (χ0n) is 14.8. The van der Waals surface area contributed by atoms with Crippen LogP contribution >= 0.6 is 0 Å². The molecule has 1 aromatic heterocycles. The first kappa shape index (κ1) is 18.2. The molecule has 0 bridgehead atoms. The molecule has 1 heterocycles. The van der Waals surface area contributed by atoms with Gasteiger partial charge in [0.25, 0.3) is 0 Å². The van der Waals surface area contributed by atoms with Crippen molar-refractivity contribution in [3.8, 4) is 11.5 Å². The van der Waals surface area contributed by atoms with Crippen molar-refractivity contribution in [1.29, 1.82) is 0 Å². The summed E-state index contributed by atoms with van der Waals surface area (Å²) in [6, 6.07) is 13.4. The van der Waals surface area contributed by atoms with Crippen LogP contribution in [0.1, 0.15) is 18.5 Å². The Morgan fingerprint density at radius 2 is 1.81 bits per heavy atom. The van der Waals surface area contributed by atoms with E-state index in [0.717, 1.165) is 5.39 Å². The highest BCUT2D eigenvalue weighted by molar-refractivity contribution is 7.89. The molecule has 6 nitrogen and oxygen atoms in total. The predicted octanol–water partition coefficient (Wildman–Crippen LogP) is 3.29. The van der Waals surface area contributed by atoms with E-state index in [0.29, 0.717) is 22.6 Å². The van der Waals surface area contributed by atoms with Gasteiger partial charge in [-0.15, -0.1) is 0 Å². The molecule has 3 rings (SSSR count). The number of para-hydroxylation sites is 1. The molecule has 0 fully saturated rings. The van der Waals surface area contributed by atoms with Gasteiger partial charge in [-0.05, 0) is 37.3 Å². The molecule has 26 heavy (non-hydrogen) atoms. The van der Waals surface area contributed by atoms with Gasteiger partial charge in [-0.2, -0.15) is 0 Å². The second-order valence-electron chi connectivity index (χ2n) is 5.78. The van der Waals surface area contributed by atoms with Crippen molar-refractivity contribution < 1.29 is 17.9 Å². The number of benzene rings is 2. The van der Waals surface area contributed by atoms with E-state index in [-0.39, 0.29) is 4.90 Å². The van der Waals surface area contributed by atoms with Crippen LogP contribution < -0.4 is 14.2 Å². The number of ether oxygens (including phenoxy) is 2. The third-order valence-corrected chi connectivity index (χ3v) is 5.69. The van der Waals surface area contributed by atoms with Crippen LogP contribution in [0.5, 0.6) is 11.5 Å². The lowest BCUT2D eigenvalue weighted by Gasteiger charge is -2.18. The topological polar surface area (TPSA) is 77.5 Å². The van der Waals surface area contributed by atoms with Gasteiger partial charge in [0.15, 0.2) is 0 Å². The Morgan fingerprint density at radius 3 is 2.54 bits per heavy atom. The van der Waals surface area contributed by atoms with E-state index in [2.05, 4.69) is 9.71 Å². The van der Waals surface area contributed by atoms with Gasteiger partial charge in [-0.1, -0.05) is 18.2 Å². The first-order chi connectivity index (χ1) is 12.5. The molecule has 3 aromatic rings. The molecule has 0 spiro atoms. The Balaban J connectivity index is 1.99. The highest BCUT2D eigenvalue weighted by atomic mass is 32.2. The minimum atomic E-state index is -3.79. The van der Waals surface area contributed by atoms with Crippen molar-refractivity contribution in [3.05, 3.63) is 60.3 Å². The van der Waals surface area contributed by atoms with E-state index < -0.39 is 16.1 Å². The van der Waals surface area contributed by atoms with Gasteiger partial charge in [-0.3, -0.25) is 4.98 Å². The minimum Gasteiger partial charge on any atom is -0.497 e. The maximum absolute atomic E-state index is 13.0. The lowest BCUT2D eigenvalue weighted by Crippen LogP contribution is -2.27. The van der Waals surface area contributed by atoms with E-state index in [4.69, 9.17) is 9.47 Å². The summed E-state index contributed by atoms with van der Waals surface area (Å²) in [5, 5.41) is 0.766. The number of nitrogens with zero attached hydrogens (tertiary/aromatic N) is 1. The van der Waals surface area contributed by atoms with Crippen LogP contribution in [0, 0.1) is 0 Å². The van der Waals surface area contributed by atoms with Crippen LogP contribution in [0.15, 0.2) is 59.6 Å². The van der Waals surface area contributed by atoms with E-state index in [1.165, 1.54) is 0 Å². The number of hydrogen-bond acceptors (Lipinski definition) is 5. The number of methoxy groups -OCH3 is 2. The van der Waals surface area contributed by atoms with Gasteiger partial charge in [-0.25, -0.2) is 13.1 Å². The number of aromatic nitrogens is 1. The van der Waals surface area contributed by atoms with E-state index in [1.807, 2.05) is 12.1 Å². The molecule has 7 heteroatoms. The first-order valence-electron chi connectivity index (χ1n) is 8.04. The van der Waals surface area contributed by atoms with Gasteiger partial charge < -0.3 is 9.47 Å². The molecule has 136 valence electrons. The summed E-state index contributed by atoms with van der Waals surface area (Å²) >= 11 is 0. The maximum Gasteiger partial charge on any atom is 0.243 e. The van der Waals surface area contributed by atoms with Crippen LogP contribution in [-0.4, -0.2) is 27.6 Å². The summed E-state index contributed by atoms with van der Waals surface area (Å²) in [5.41, 5.74) is 1.12. The van der Waals surface area contributed by atoms with Gasteiger partial charge in [0.05, 0.1) is 19.7 Å². The highest BCUT2D eigenvalue weighted by Gasteiger charge is 2.23. The van der Waals surface area contributed by atoms with Crippen molar-refractivity contribution in [2.45, 2.75) is 17.9 Å². The first-order valence-corrected chi connectivity index (χ1v) is 9.52. The summed E-state index contributed by atoms with van der Waals surface area (Å²) in [6.45, 7) is 1.76. The smallest absolute Gasteiger partial charge is 0.243 e. The third-order valence-electron chi connectivity index (χ3n) is 4.12. The fraction of sp³-hybridized carbons (Fsp3) is 0.211. The van der Waals surface area contributed by atoms with Crippen molar-refractivity contribution in [2.75, 3.05) is 14.2 Å². The Bertz CT molecular complexity index is 1030. The highest BCUT2D eigenvalue weighted by Crippen LogP contribution is 2.30. The molecule has 0 aliphatic carbocycles. The number of fused-ring (bicyclic) bond motifs is 1. The zero-order valence-corrected chi connectivity index (χ0v) is 15.6. The largest absolute Gasteiger partial charge is 0.497 e. The molecule has 1 N–H and O–H groups in total. The number of hydrogen-bond donors (Lipinski definition) is 1. The van der Waals surface area contributed by atoms with Gasteiger partial charge in [0.1, 0.15) is 16.4 Å². The maximum atomic E-state index is 13.0. The van der Waals surface area contributed by atoms with Crippen molar-refractivity contribution in [3.63, 3.8) is 0 Å². The molecule has 0 aliphatic rings. The van der Waals surface area contributed by atoms with Crippen LogP contribution in [0.25, 0.3) is 10.9 Å². The fourth-order valence-corrected chi connectivity index (χ4v) is 4.23. The molecule has 2 aromatic carbocycles. The molecule has 0 saturated heterocycles. The van der Waals surface area contributed by atoms with Crippen molar-refractivity contribution >= 4 is 20.9 Å². The lowest BCUT2D eigenvalue weighted by atomic mass is 10.1. The molecular weight excluding hydrogens is 352 g/mol. The number of nitrogens with one attached hydrogen (secondary N) is 1. The molecule has 0 radical (unpaired) electrons. The molecule has 1 atom stereocenters. The van der Waals surface area contributed by atoms with Gasteiger partial charge in [0.2, 0.25) is 10.0 Å². The summed E-state index contributed by atoms with van der Waals surface area (Å²) in [6.07, 6.45) is 1.58. The van der Waals surface area contributed by atoms with Gasteiger partial charge >= 0.3 is 0 Å². The zero-order chi connectivity index (χ0) is 18.7. The summed E-state index contributed by atoms with van der Waals surface area (Å²) in [7, 11) is -0.687. The minimum absolute atomic E-state index is 0.143. The Hall–Kier alpha value is -2.64. The Morgan fingerprint density at radius 1 is 1.04 bits per heavy atom. The third kappa shape index (κ3) is 3.49. The standard InChI is InChI=1S/C19H20N2O4S/c1-13(16-12-15(24-2)9-10-17(16)25-3)21-26(22,23)18-8-4-6-14-7-5-11-20-19(14)18/h4-13,21H,1-3H3. The average molecular weight is 372 g/mol. The van der Waals surface area contributed by atoms with Crippen LogP contribution in [-0.2, 0) is 10.0 Å². The normalized spacial score (nSPS) is 12.7. The van der Waals surface area contributed by atoms with Crippen molar-refractivity contribution in [1.82, 2.24) is 9.71 Å². The second kappa shape index (κ2) is 7.31. The number of sulfonamides is 1. The summed E-state index contributed by atoms with van der Waals surface area (Å²) in [5.74, 6) is 1.20. The van der Waals surface area contributed by atoms with E-state index in [9.17, 15) is 8.42 Å². The molecule has 1 unspecified atom stereocenters. The van der Waals surface area contributed by atoms with Gasteiger partial charge in [0, 0.05) is 23.2 Å². The monoisotopic (exact) mass is 372 g/mol. The predicted molar refractivity (Wildman–Crippen MR) is 100 cm³/mol. The molecular formula is C19H20N2O4S. The Labute approximate surface area is 152 Å². The van der Waals surface area contributed by atoms with Crippen LogP contribution in [0.4, 0.5) is 0 Å². The van der Waals surface area contributed by atoms with E-state index >= 15 is 0 Å². The van der Waals surface area contributed by atoms with E-state index in [1.54, 1.807) is 63.7 Å². The SMILES string of the molecule is COc1ccc(OC)c(C(C)NS(=O)(=O)c2cccc3cccnc23)c1. The molecule has 0 saturated carbocycles. The van der Waals surface area contributed by atoms with Crippen molar-refractivity contribution in [2.24, 2.45) is 0 Å². The summed E-state index contributed by atoms with van der Waals surface area (Å²) < 4.78 is 39.2. The average Bonchev–Trinajstić information content (AvgIpc) is 2.66. The second-order valence-corrected chi connectivity index (χ2v) is 7.46. The molecule has 0 amide bonds. The number of rotatable bonds is 6. The fourth-order valence-electron chi connectivity index (χ4n) is 2.83. The Kier molecular flexibility index (Phi) is 5.11. The summed E-state index contributed by atoms with van der Waals surface area (Å²) in [4.78, 5) is 4.37. The molecule has 0 aliphatic heterocycles. The number of pyridine rings is 1. The quantitative estimate of drug-likeness (QED) is 0.718. The lowest BCUT2D eigenvalue weighted by molar-refractivity contribution is 0.395. The van der Waals surface area contributed by atoms with Crippen LogP contribution in [0.2, 0.25) is 0 Å². The van der Waals surface area contributed by atoms with Crippen LogP contribution in [0.3, 0.4) is 0 Å².